The number of rotatable bonds is 3. The quantitative estimate of drug-likeness (QED) is 0.933. The number of halogens is 1. The molecule has 5 heteroatoms. The van der Waals surface area contributed by atoms with Crippen molar-refractivity contribution in [3.63, 3.8) is 0 Å². The van der Waals surface area contributed by atoms with Crippen LogP contribution in [0.4, 0.5) is 21.8 Å². The van der Waals surface area contributed by atoms with Crippen LogP contribution in [0.15, 0.2) is 30.3 Å². The number of benzene rings is 1. The van der Waals surface area contributed by atoms with Gasteiger partial charge in [-0.3, -0.25) is 0 Å². The summed E-state index contributed by atoms with van der Waals surface area (Å²) in [6, 6.07) is 8.23. The van der Waals surface area contributed by atoms with Crippen LogP contribution in [-0.4, -0.2) is 23.1 Å². The van der Waals surface area contributed by atoms with Crippen LogP contribution in [0.5, 0.6) is 0 Å². The predicted molar refractivity (Wildman–Crippen MR) is 87.1 cm³/mol. The van der Waals surface area contributed by atoms with Gasteiger partial charge in [0.1, 0.15) is 11.6 Å². The lowest BCUT2D eigenvalue weighted by Gasteiger charge is -2.31. The van der Waals surface area contributed by atoms with E-state index in [2.05, 4.69) is 27.1 Å². The van der Waals surface area contributed by atoms with Crippen molar-refractivity contribution in [2.45, 2.75) is 26.7 Å². The van der Waals surface area contributed by atoms with Crippen molar-refractivity contribution >= 4 is 17.5 Å². The summed E-state index contributed by atoms with van der Waals surface area (Å²) in [6.07, 6.45) is 2.40. The van der Waals surface area contributed by atoms with Gasteiger partial charge in [0.15, 0.2) is 0 Å². The fraction of sp³-hybridized carbons (Fsp3) is 0.412. The SMILES string of the molecule is Cc1cc(N2CCC(C)CC2)nc(Nc2ccc(F)cc2)n1. The van der Waals surface area contributed by atoms with E-state index in [4.69, 9.17) is 0 Å². The van der Waals surface area contributed by atoms with E-state index in [1.807, 2.05) is 13.0 Å². The average molecular weight is 300 g/mol. The lowest BCUT2D eigenvalue weighted by Crippen LogP contribution is -2.33. The van der Waals surface area contributed by atoms with E-state index in [1.165, 1.54) is 25.0 Å². The molecule has 0 bridgehead atoms. The Morgan fingerprint density at radius 1 is 1.14 bits per heavy atom. The zero-order chi connectivity index (χ0) is 15.5. The van der Waals surface area contributed by atoms with Crippen LogP contribution in [0.25, 0.3) is 0 Å². The molecule has 0 radical (unpaired) electrons. The molecule has 1 aliphatic rings. The molecule has 0 atom stereocenters. The number of hydrogen-bond donors (Lipinski definition) is 1. The Labute approximate surface area is 130 Å². The molecule has 1 fully saturated rings. The maximum Gasteiger partial charge on any atom is 0.229 e. The van der Waals surface area contributed by atoms with Gasteiger partial charge in [0, 0.05) is 30.5 Å². The maximum atomic E-state index is 13.0. The molecule has 1 saturated heterocycles. The van der Waals surface area contributed by atoms with Gasteiger partial charge in [0.05, 0.1) is 0 Å². The first kappa shape index (κ1) is 14.8. The highest BCUT2D eigenvalue weighted by Crippen LogP contribution is 2.23. The molecule has 1 aromatic heterocycles. The van der Waals surface area contributed by atoms with Crippen LogP contribution in [0, 0.1) is 18.7 Å². The summed E-state index contributed by atoms with van der Waals surface area (Å²) < 4.78 is 13.0. The van der Waals surface area contributed by atoms with E-state index < -0.39 is 0 Å². The van der Waals surface area contributed by atoms with Crippen molar-refractivity contribution in [3.8, 4) is 0 Å². The normalized spacial score (nSPS) is 15.9. The fourth-order valence-electron chi connectivity index (χ4n) is 2.67. The molecule has 2 heterocycles. The lowest BCUT2D eigenvalue weighted by atomic mass is 9.99. The predicted octanol–water partition coefficient (Wildman–Crippen LogP) is 3.90. The third-order valence-electron chi connectivity index (χ3n) is 4.05. The van der Waals surface area contributed by atoms with Gasteiger partial charge in [0.25, 0.3) is 0 Å². The molecule has 22 heavy (non-hydrogen) atoms. The van der Waals surface area contributed by atoms with Crippen LogP contribution in [0.2, 0.25) is 0 Å². The van der Waals surface area contributed by atoms with Gasteiger partial charge in [-0.05, 0) is 49.9 Å². The third kappa shape index (κ3) is 3.53. The summed E-state index contributed by atoms with van der Waals surface area (Å²) in [5.74, 6) is 2.05. The minimum absolute atomic E-state index is 0.251. The Morgan fingerprint density at radius 3 is 2.50 bits per heavy atom. The second-order valence-electron chi connectivity index (χ2n) is 5.99. The second kappa shape index (κ2) is 6.30. The molecule has 1 N–H and O–H groups in total. The smallest absolute Gasteiger partial charge is 0.229 e. The van der Waals surface area contributed by atoms with Crippen molar-refractivity contribution in [2.75, 3.05) is 23.3 Å². The molecule has 2 aromatic rings. The molecule has 0 saturated carbocycles. The van der Waals surface area contributed by atoms with E-state index in [1.54, 1.807) is 12.1 Å². The molecule has 1 aliphatic heterocycles. The first-order chi connectivity index (χ1) is 10.6. The zero-order valence-corrected chi connectivity index (χ0v) is 13.0. The first-order valence-electron chi connectivity index (χ1n) is 7.73. The maximum absolute atomic E-state index is 13.0. The molecule has 4 nitrogen and oxygen atoms in total. The highest BCUT2D eigenvalue weighted by atomic mass is 19.1. The summed E-state index contributed by atoms with van der Waals surface area (Å²) in [6.45, 7) is 6.33. The zero-order valence-electron chi connectivity index (χ0n) is 13.0. The monoisotopic (exact) mass is 300 g/mol. The van der Waals surface area contributed by atoms with Crippen molar-refractivity contribution < 1.29 is 4.39 Å². The summed E-state index contributed by atoms with van der Waals surface area (Å²) in [7, 11) is 0. The van der Waals surface area contributed by atoms with E-state index in [0.717, 1.165) is 36.2 Å². The summed E-state index contributed by atoms with van der Waals surface area (Å²) >= 11 is 0. The van der Waals surface area contributed by atoms with Gasteiger partial charge in [-0.15, -0.1) is 0 Å². The molecular weight excluding hydrogens is 279 g/mol. The highest BCUT2D eigenvalue weighted by molar-refractivity contribution is 5.55. The van der Waals surface area contributed by atoms with Crippen LogP contribution in [-0.2, 0) is 0 Å². The molecule has 0 unspecified atom stereocenters. The average Bonchev–Trinajstić information content (AvgIpc) is 2.50. The molecule has 0 amide bonds. The van der Waals surface area contributed by atoms with Gasteiger partial charge in [-0.2, -0.15) is 4.98 Å². The minimum Gasteiger partial charge on any atom is -0.356 e. The van der Waals surface area contributed by atoms with Gasteiger partial charge >= 0.3 is 0 Å². The summed E-state index contributed by atoms with van der Waals surface area (Å²) in [5.41, 5.74) is 1.71. The number of aromatic nitrogens is 2. The van der Waals surface area contributed by atoms with Crippen molar-refractivity contribution in [1.29, 1.82) is 0 Å². The Balaban J connectivity index is 1.79. The van der Waals surface area contributed by atoms with Crippen molar-refractivity contribution in [1.82, 2.24) is 9.97 Å². The van der Waals surface area contributed by atoms with Gasteiger partial charge in [-0.25, -0.2) is 9.37 Å². The highest BCUT2D eigenvalue weighted by Gasteiger charge is 2.18. The van der Waals surface area contributed by atoms with E-state index in [0.29, 0.717) is 5.95 Å². The lowest BCUT2D eigenvalue weighted by molar-refractivity contribution is 0.436. The van der Waals surface area contributed by atoms with Crippen LogP contribution < -0.4 is 10.2 Å². The largest absolute Gasteiger partial charge is 0.356 e. The van der Waals surface area contributed by atoms with Crippen molar-refractivity contribution in [2.24, 2.45) is 5.92 Å². The standard InChI is InChI=1S/C17H21FN4/c1-12-7-9-22(10-8-12)16-11-13(2)19-17(21-16)20-15-5-3-14(18)4-6-15/h3-6,11-12H,7-10H2,1-2H3,(H,19,20,21). The van der Waals surface area contributed by atoms with E-state index in [9.17, 15) is 4.39 Å². The van der Waals surface area contributed by atoms with Crippen molar-refractivity contribution in [3.05, 3.63) is 41.8 Å². The molecule has 1 aromatic carbocycles. The van der Waals surface area contributed by atoms with Crippen LogP contribution in [0.3, 0.4) is 0 Å². The first-order valence-corrected chi connectivity index (χ1v) is 7.73. The molecule has 3 rings (SSSR count). The second-order valence-corrected chi connectivity index (χ2v) is 5.99. The number of nitrogens with one attached hydrogen (secondary N) is 1. The van der Waals surface area contributed by atoms with E-state index >= 15 is 0 Å². The number of aryl methyl sites for hydroxylation is 1. The minimum atomic E-state index is -0.251. The van der Waals surface area contributed by atoms with E-state index in [-0.39, 0.29) is 5.82 Å². The Morgan fingerprint density at radius 2 is 1.82 bits per heavy atom. The topological polar surface area (TPSA) is 41.1 Å². The Kier molecular flexibility index (Phi) is 4.22. The summed E-state index contributed by atoms with van der Waals surface area (Å²) in [4.78, 5) is 11.3. The Hall–Kier alpha value is -2.17. The molecule has 0 spiro atoms. The van der Waals surface area contributed by atoms with Gasteiger partial charge < -0.3 is 10.2 Å². The number of piperidine rings is 1. The van der Waals surface area contributed by atoms with Gasteiger partial charge in [-0.1, -0.05) is 6.92 Å². The molecule has 0 aliphatic carbocycles. The number of nitrogens with zero attached hydrogens (tertiary/aromatic N) is 3. The van der Waals surface area contributed by atoms with Crippen LogP contribution in [0.1, 0.15) is 25.5 Å². The van der Waals surface area contributed by atoms with Crippen LogP contribution >= 0.6 is 0 Å². The molecular formula is C17H21FN4. The fourth-order valence-corrected chi connectivity index (χ4v) is 2.67. The number of hydrogen-bond acceptors (Lipinski definition) is 4. The summed E-state index contributed by atoms with van der Waals surface area (Å²) in [5, 5.41) is 3.14. The third-order valence-corrected chi connectivity index (χ3v) is 4.05. The van der Waals surface area contributed by atoms with Gasteiger partial charge in [0.2, 0.25) is 5.95 Å². The molecule has 116 valence electrons. The number of anilines is 3. The Bertz CT molecular complexity index is 634.